The Hall–Kier alpha value is -2.06. The fourth-order valence-corrected chi connectivity index (χ4v) is 5.10. The van der Waals surface area contributed by atoms with Crippen LogP contribution in [-0.2, 0) is 17.8 Å². The Balaban J connectivity index is 1.96. The van der Waals surface area contributed by atoms with Crippen molar-refractivity contribution in [3.8, 4) is 11.1 Å². The Morgan fingerprint density at radius 1 is 1.19 bits per heavy atom. The van der Waals surface area contributed by atoms with Gasteiger partial charge in [-0.05, 0) is 56.7 Å². The summed E-state index contributed by atoms with van der Waals surface area (Å²) in [7, 11) is 0. The van der Waals surface area contributed by atoms with E-state index in [1.165, 1.54) is 4.90 Å². The number of amides is 1. The van der Waals surface area contributed by atoms with E-state index in [0.29, 0.717) is 25.8 Å². The highest BCUT2D eigenvalue weighted by atomic mass is 32.2. The average Bonchev–Trinajstić information content (AvgIpc) is 2.75. The number of aliphatic hydroxyl groups is 1. The number of carboxylic acid groups (broad SMARTS) is 1. The number of aliphatic hydroxyl groups excluding tert-OH is 1. The summed E-state index contributed by atoms with van der Waals surface area (Å²) in [6.45, 7) is 5.68. The Kier molecular flexibility index (Phi) is 7.31. The first-order chi connectivity index (χ1) is 14.7. The third kappa shape index (κ3) is 5.41. The van der Waals surface area contributed by atoms with Crippen LogP contribution < -0.4 is 4.72 Å². The third-order valence-corrected chi connectivity index (χ3v) is 7.58. The van der Waals surface area contributed by atoms with Crippen molar-refractivity contribution in [3.05, 3.63) is 60.2 Å². The predicted octanol–water partition coefficient (Wildman–Crippen LogP) is 3.82. The lowest BCUT2D eigenvalue weighted by atomic mass is 9.79. The molecule has 0 spiro atoms. The molecule has 0 bridgehead atoms. The van der Waals surface area contributed by atoms with Gasteiger partial charge in [0.05, 0.1) is 12.6 Å². The molecule has 6 nitrogen and oxygen atoms in total. The zero-order chi connectivity index (χ0) is 22.6. The standard InChI is InChI=1S/C24H32N2O4S/c1-23(2,3)31(30)25-24(17-27)13-8-14-26(22(28)29)21(24)16-18-9-7-12-20(15-18)19-10-5-4-6-11-19/h4-7,9-12,15,21,25,27H,8,13-14,16-17H2,1-3H3,(H,28,29)/t21-,24+,31?/m0/s1. The highest BCUT2D eigenvalue weighted by Crippen LogP contribution is 2.33. The van der Waals surface area contributed by atoms with Crippen molar-refractivity contribution < 1.29 is 19.6 Å². The number of nitrogens with one attached hydrogen (secondary N) is 1. The van der Waals surface area contributed by atoms with Crippen LogP contribution in [0.3, 0.4) is 0 Å². The molecule has 1 aliphatic heterocycles. The van der Waals surface area contributed by atoms with Gasteiger partial charge in [0.15, 0.2) is 0 Å². The molecule has 0 saturated carbocycles. The number of likely N-dealkylation sites (tertiary alicyclic amines) is 1. The summed E-state index contributed by atoms with van der Waals surface area (Å²) in [5, 5.41) is 20.3. The van der Waals surface area contributed by atoms with E-state index in [4.69, 9.17) is 0 Å². The van der Waals surface area contributed by atoms with Crippen molar-refractivity contribution in [2.24, 2.45) is 0 Å². The molecule has 3 atom stereocenters. The highest BCUT2D eigenvalue weighted by molar-refractivity contribution is 7.90. The van der Waals surface area contributed by atoms with Crippen LogP contribution in [0.1, 0.15) is 39.2 Å². The van der Waals surface area contributed by atoms with Crippen LogP contribution in [0.4, 0.5) is 4.79 Å². The predicted molar refractivity (Wildman–Crippen MR) is 124 cm³/mol. The largest absolute Gasteiger partial charge is 0.598 e. The van der Waals surface area contributed by atoms with Crippen molar-refractivity contribution in [3.63, 3.8) is 0 Å². The molecule has 2 aromatic rings. The van der Waals surface area contributed by atoms with Gasteiger partial charge in [-0.25, -0.2) is 4.79 Å². The van der Waals surface area contributed by atoms with Gasteiger partial charge in [0.2, 0.25) is 0 Å². The Morgan fingerprint density at radius 3 is 2.48 bits per heavy atom. The minimum Gasteiger partial charge on any atom is -0.598 e. The molecule has 7 heteroatoms. The first-order valence-corrected chi connectivity index (χ1v) is 11.8. The number of hydrogen-bond acceptors (Lipinski definition) is 4. The maximum atomic E-state index is 12.9. The van der Waals surface area contributed by atoms with E-state index < -0.39 is 33.8 Å². The summed E-state index contributed by atoms with van der Waals surface area (Å²) in [5.41, 5.74) is 2.14. The molecule has 1 aliphatic rings. The maximum absolute atomic E-state index is 12.9. The van der Waals surface area contributed by atoms with Gasteiger partial charge in [0.1, 0.15) is 10.3 Å². The lowest BCUT2D eigenvalue weighted by molar-refractivity contribution is 0.0265. The quantitative estimate of drug-likeness (QED) is 0.589. The van der Waals surface area contributed by atoms with Gasteiger partial charge >= 0.3 is 6.09 Å². The fraction of sp³-hybridized carbons (Fsp3) is 0.458. The number of hydrogen-bond donors (Lipinski definition) is 3. The van der Waals surface area contributed by atoms with E-state index in [9.17, 15) is 19.6 Å². The van der Waals surface area contributed by atoms with E-state index in [1.807, 2.05) is 69.3 Å². The van der Waals surface area contributed by atoms with Gasteiger partial charge in [0.25, 0.3) is 0 Å². The third-order valence-electron chi connectivity index (χ3n) is 5.88. The second-order valence-corrected chi connectivity index (χ2v) is 11.1. The summed E-state index contributed by atoms with van der Waals surface area (Å²) in [4.78, 5) is 13.5. The Labute approximate surface area is 187 Å². The van der Waals surface area contributed by atoms with E-state index in [1.54, 1.807) is 0 Å². The zero-order valence-electron chi connectivity index (χ0n) is 18.4. The molecule has 1 saturated heterocycles. The van der Waals surface area contributed by atoms with Crippen LogP contribution in [-0.4, -0.2) is 55.2 Å². The van der Waals surface area contributed by atoms with Crippen molar-refractivity contribution in [2.75, 3.05) is 13.2 Å². The summed E-state index contributed by atoms with van der Waals surface area (Å²) in [5.74, 6) is 0. The number of rotatable bonds is 6. The molecule has 1 fully saturated rings. The lowest BCUT2D eigenvalue weighted by Gasteiger charge is -2.48. The first kappa shape index (κ1) is 23.6. The van der Waals surface area contributed by atoms with Crippen LogP contribution in [0, 0.1) is 0 Å². The van der Waals surface area contributed by atoms with E-state index >= 15 is 0 Å². The van der Waals surface area contributed by atoms with Gasteiger partial charge in [-0.15, -0.1) is 4.72 Å². The van der Waals surface area contributed by atoms with Gasteiger partial charge < -0.3 is 19.7 Å². The molecule has 0 radical (unpaired) electrons. The molecule has 0 aliphatic carbocycles. The van der Waals surface area contributed by atoms with E-state index in [-0.39, 0.29) is 6.61 Å². The second-order valence-electron chi connectivity index (χ2n) is 9.16. The van der Waals surface area contributed by atoms with Crippen molar-refractivity contribution in [1.82, 2.24) is 9.62 Å². The summed E-state index contributed by atoms with van der Waals surface area (Å²) in [6.07, 6.45) is 0.548. The molecule has 0 aromatic heterocycles. The summed E-state index contributed by atoms with van der Waals surface area (Å²) in [6, 6.07) is 17.5. The van der Waals surface area contributed by atoms with Crippen molar-refractivity contribution >= 4 is 17.5 Å². The molecule has 1 heterocycles. The molecule has 1 unspecified atom stereocenters. The summed E-state index contributed by atoms with van der Waals surface area (Å²) >= 11 is -1.44. The van der Waals surface area contributed by atoms with Gasteiger partial charge in [-0.1, -0.05) is 54.6 Å². The van der Waals surface area contributed by atoms with Crippen LogP contribution in [0.25, 0.3) is 11.1 Å². The molecule has 1 amide bonds. The van der Waals surface area contributed by atoms with Gasteiger partial charge in [0, 0.05) is 17.9 Å². The highest BCUT2D eigenvalue weighted by Gasteiger charge is 2.50. The molecule has 3 N–H and O–H groups in total. The Morgan fingerprint density at radius 2 is 1.87 bits per heavy atom. The normalized spacial score (nSPS) is 22.9. The minimum atomic E-state index is -1.44. The van der Waals surface area contributed by atoms with Gasteiger partial charge in [-0.3, -0.25) is 0 Å². The zero-order valence-corrected chi connectivity index (χ0v) is 19.2. The Bertz CT molecular complexity index is 887. The SMILES string of the molecule is CC(C)(C)[S+]([O-])N[C@@]1(CO)CCCN(C(=O)O)[C@H]1Cc1cccc(-c2ccccc2)c1. The first-order valence-electron chi connectivity index (χ1n) is 10.6. The second kappa shape index (κ2) is 9.61. The smallest absolute Gasteiger partial charge is 0.407 e. The minimum absolute atomic E-state index is 0.290. The number of benzene rings is 2. The monoisotopic (exact) mass is 444 g/mol. The van der Waals surface area contributed by atoms with Crippen LogP contribution in [0.5, 0.6) is 0 Å². The molecule has 2 aromatic carbocycles. The van der Waals surface area contributed by atoms with E-state index in [0.717, 1.165) is 16.7 Å². The fourth-order valence-electron chi connectivity index (χ4n) is 4.13. The molecule has 168 valence electrons. The van der Waals surface area contributed by atoms with Crippen LogP contribution >= 0.6 is 0 Å². The van der Waals surface area contributed by atoms with E-state index in [2.05, 4.69) is 10.8 Å². The molecule has 31 heavy (non-hydrogen) atoms. The number of nitrogens with zero attached hydrogens (tertiary/aromatic N) is 1. The number of carbonyl (C=O) groups is 1. The lowest BCUT2D eigenvalue weighted by Crippen LogP contribution is -2.69. The number of piperidine rings is 1. The van der Waals surface area contributed by atoms with Gasteiger partial charge in [-0.2, -0.15) is 0 Å². The molecular formula is C24H32N2O4S. The maximum Gasteiger partial charge on any atom is 0.407 e. The van der Waals surface area contributed by atoms with Crippen LogP contribution in [0.2, 0.25) is 0 Å². The van der Waals surface area contributed by atoms with Crippen molar-refractivity contribution in [2.45, 2.75) is 56.4 Å². The summed E-state index contributed by atoms with van der Waals surface area (Å²) < 4.78 is 15.5. The van der Waals surface area contributed by atoms with Crippen LogP contribution in [0.15, 0.2) is 54.6 Å². The topological polar surface area (TPSA) is 95.9 Å². The molecule has 3 rings (SSSR count). The molecular weight excluding hydrogens is 412 g/mol. The van der Waals surface area contributed by atoms with Crippen molar-refractivity contribution in [1.29, 1.82) is 0 Å². The average molecular weight is 445 g/mol.